The summed E-state index contributed by atoms with van der Waals surface area (Å²) in [4.78, 5) is 73.1. The molecule has 0 saturated heterocycles. The summed E-state index contributed by atoms with van der Waals surface area (Å²) in [7, 11) is 0. The van der Waals surface area contributed by atoms with E-state index < -0.39 is 65.6 Å². The van der Waals surface area contributed by atoms with Crippen LogP contribution in [-0.4, -0.2) is 69.1 Å². The Balaban J connectivity index is 3.42. The Morgan fingerprint density at radius 1 is 1.06 bits per heavy atom. The summed E-state index contributed by atoms with van der Waals surface area (Å²) in [5.74, 6) is -5.45. The molecule has 9 N–H and O–H groups in total. The number of nitrogens with zero attached hydrogens (tertiary/aromatic N) is 1. The van der Waals surface area contributed by atoms with Crippen LogP contribution in [0.25, 0.3) is 0 Å². The fourth-order valence-corrected chi connectivity index (χ4v) is 3.01. The number of amides is 5. The van der Waals surface area contributed by atoms with Gasteiger partial charge < -0.3 is 32.7 Å². The molecule has 34 heavy (non-hydrogen) atoms. The number of imide groups is 1. The Morgan fingerprint density at radius 2 is 1.71 bits per heavy atom. The Labute approximate surface area is 195 Å². The number of carbonyl (C=O) groups excluding carboxylic acids is 6. The van der Waals surface area contributed by atoms with E-state index in [9.17, 15) is 39.0 Å². The molecule has 0 bridgehead atoms. The van der Waals surface area contributed by atoms with Crippen molar-refractivity contribution in [3.8, 4) is 11.5 Å². The maximum atomic E-state index is 13.3. The number of hydrogen-bond acceptors (Lipinski definition) is 9. The van der Waals surface area contributed by atoms with Gasteiger partial charge in [0, 0.05) is 19.3 Å². The van der Waals surface area contributed by atoms with Crippen molar-refractivity contribution in [1.82, 2.24) is 10.2 Å². The standard InChI is InChI=1S/C21H28N5O8/c1-2-19(32)25-14(4-6-17(23)30)21(34)26(20(33)13(22)9-18(24)31)12(10-27)7-11-3-5-15(28)16(29)8-11/h3,5,8,12-14,28-29H,2,4,6-7,9,22H2,1H3,(H2,23,30)(H2,24,31)(H,25,32)/t12-,13-,14-/m0/s1. The summed E-state index contributed by atoms with van der Waals surface area (Å²) in [5, 5.41) is 21.6. The largest absolute Gasteiger partial charge is 0.504 e. The van der Waals surface area contributed by atoms with Crippen molar-refractivity contribution in [3.63, 3.8) is 0 Å². The minimum absolute atomic E-state index is 0.0223. The van der Waals surface area contributed by atoms with Gasteiger partial charge in [0.1, 0.15) is 12.1 Å². The second kappa shape index (κ2) is 12.9. The number of nitrogens with one attached hydrogen (secondary N) is 1. The fourth-order valence-electron chi connectivity index (χ4n) is 3.01. The van der Waals surface area contributed by atoms with Crippen molar-refractivity contribution in [2.45, 2.75) is 57.2 Å². The Kier molecular flexibility index (Phi) is 10.6. The molecule has 0 aliphatic carbocycles. The zero-order valence-electron chi connectivity index (χ0n) is 18.5. The number of phenolic OH excluding ortho intramolecular Hbond substituents is 2. The minimum atomic E-state index is -1.60. The van der Waals surface area contributed by atoms with Gasteiger partial charge in [0.05, 0.1) is 12.5 Å². The summed E-state index contributed by atoms with van der Waals surface area (Å²) in [5.41, 5.74) is 16.2. The molecule has 0 aliphatic heterocycles. The molecule has 0 saturated carbocycles. The van der Waals surface area contributed by atoms with Crippen LogP contribution in [0.2, 0.25) is 0 Å². The molecule has 0 spiro atoms. The molecule has 0 aliphatic rings. The lowest BCUT2D eigenvalue weighted by Gasteiger charge is -2.31. The van der Waals surface area contributed by atoms with Gasteiger partial charge in [-0.1, -0.05) is 13.0 Å². The minimum Gasteiger partial charge on any atom is -0.504 e. The van der Waals surface area contributed by atoms with E-state index in [1.165, 1.54) is 13.0 Å². The third kappa shape index (κ3) is 8.16. The Bertz CT molecular complexity index is 951. The zero-order valence-corrected chi connectivity index (χ0v) is 18.5. The van der Waals surface area contributed by atoms with Crippen LogP contribution in [0.15, 0.2) is 18.2 Å². The predicted octanol–water partition coefficient (Wildman–Crippen LogP) is -2.16. The van der Waals surface area contributed by atoms with Gasteiger partial charge in [-0.15, -0.1) is 0 Å². The van der Waals surface area contributed by atoms with Crippen molar-refractivity contribution in [1.29, 1.82) is 0 Å². The first-order valence-corrected chi connectivity index (χ1v) is 10.3. The SMILES string of the molecule is CCC(=O)N[C@@H](CCC(N)=O)C(=O)N(C(=O)[C@@H](N)CC(N)=O)[C@H]([C]=O)Cc1ccc(O)c(O)c1. The highest BCUT2D eigenvalue weighted by atomic mass is 16.3. The van der Waals surface area contributed by atoms with Crippen molar-refractivity contribution < 1.29 is 39.0 Å². The Morgan fingerprint density at radius 3 is 2.21 bits per heavy atom. The molecule has 3 atom stereocenters. The van der Waals surface area contributed by atoms with Crippen LogP contribution in [-0.2, 0) is 35.2 Å². The first-order chi connectivity index (χ1) is 15.9. The van der Waals surface area contributed by atoms with Gasteiger partial charge in [-0.05, 0) is 24.1 Å². The highest BCUT2D eigenvalue weighted by Crippen LogP contribution is 2.26. The molecule has 0 fully saturated rings. The highest BCUT2D eigenvalue weighted by molar-refractivity contribution is 6.04. The average molecular weight is 478 g/mol. The van der Waals surface area contributed by atoms with Crippen LogP contribution in [0, 0.1) is 0 Å². The number of benzene rings is 1. The molecule has 1 radical (unpaired) electrons. The molecule has 1 rings (SSSR count). The molecule has 185 valence electrons. The second-order valence-electron chi connectivity index (χ2n) is 7.46. The average Bonchev–Trinajstić information content (AvgIpc) is 2.77. The molecule has 1 aromatic carbocycles. The molecule has 0 heterocycles. The van der Waals surface area contributed by atoms with Crippen LogP contribution in [0.5, 0.6) is 11.5 Å². The lowest BCUT2D eigenvalue weighted by molar-refractivity contribution is -0.150. The maximum Gasteiger partial charge on any atom is 0.252 e. The first kappa shape index (κ1) is 28.0. The van der Waals surface area contributed by atoms with E-state index in [0.717, 1.165) is 12.1 Å². The van der Waals surface area contributed by atoms with Crippen LogP contribution < -0.4 is 22.5 Å². The number of phenols is 2. The molecule has 0 unspecified atom stereocenters. The van der Waals surface area contributed by atoms with Crippen LogP contribution >= 0.6 is 0 Å². The third-order valence-electron chi connectivity index (χ3n) is 4.76. The number of primary amides is 2. The zero-order chi connectivity index (χ0) is 26.0. The van der Waals surface area contributed by atoms with Gasteiger partial charge in [-0.2, -0.15) is 0 Å². The van der Waals surface area contributed by atoms with Crippen molar-refractivity contribution in [2.75, 3.05) is 0 Å². The van der Waals surface area contributed by atoms with Gasteiger partial charge in [0.15, 0.2) is 11.5 Å². The van der Waals surface area contributed by atoms with Crippen LogP contribution in [0.1, 0.15) is 38.2 Å². The molecule has 0 aromatic heterocycles. The molecule has 1 aromatic rings. The second-order valence-corrected chi connectivity index (χ2v) is 7.46. The van der Waals surface area contributed by atoms with Crippen LogP contribution in [0.4, 0.5) is 0 Å². The summed E-state index contributed by atoms with van der Waals surface area (Å²) >= 11 is 0. The Hall–Kier alpha value is -4.00. The van der Waals surface area contributed by atoms with Gasteiger partial charge in [0.2, 0.25) is 29.9 Å². The third-order valence-corrected chi connectivity index (χ3v) is 4.76. The topological polar surface area (TPSA) is 236 Å². The van der Waals surface area contributed by atoms with E-state index in [4.69, 9.17) is 17.2 Å². The van der Waals surface area contributed by atoms with Crippen LogP contribution in [0.3, 0.4) is 0 Å². The number of hydrogen-bond donors (Lipinski definition) is 6. The molecular weight excluding hydrogens is 450 g/mol. The molecule has 5 amide bonds. The van der Waals surface area contributed by atoms with E-state index in [2.05, 4.69) is 5.32 Å². The first-order valence-electron chi connectivity index (χ1n) is 10.3. The highest BCUT2D eigenvalue weighted by Gasteiger charge is 2.38. The monoisotopic (exact) mass is 478 g/mol. The lowest BCUT2D eigenvalue weighted by atomic mass is 10.0. The van der Waals surface area contributed by atoms with E-state index in [1.54, 1.807) is 6.29 Å². The number of carbonyl (C=O) groups is 5. The normalized spacial score (nSPS) is 13.2. The summed E-state index contributed by atoms with van der Waals surface area (Å²) < 4.78 is 0. The fraction of sp³-hybridized carbons (Fsp3) is 0.429. The van der Waals surface area contributed by atoms with Crippen molar-refractivity contribution >= 4 is 35.8 Å². The lowest BCUT2D eigenvalue weighted by Crippen LogP contribution is -2.59. The molecule has 13 heteroatoms. The quantitative estimate of drug-likeness (QED) is 0.169. The van der Waals surface area contributed by atoms with Crippen molar-refractivity contribution in [3.05, 3.63) is 23.8 Å². The summed E-state index contributed by atoms with van der Waals surface area (Å²) in [6, 6.07) is -1.04. The number of aromatic hydroxyl groups is 2. The smallest absolute Gasteiger partial charge is 0.252 e. The number of rotatable bonds is 13. The predicted molar refractivity (Wildman–Crippen MR) is 117 cm³/mol. The summed E-state index contributed by atoms with van der Waals surface area (Å²) in [6.45, 7) is 1.51. The van der Waals surface area contributed by atoms with Gasteiger partial charge in [0.25, 0.3) is 5.91 Å². The van der Waals surface area contributed by atoms with E-state index in [-0.39, 0.29) is 31.2 Å². The summed E-state index contributed by atoms with van der Waals surface area (Å²) in [6.07, 6.45) is -0.0486. The van der Waals surface area contributed by atoms with Gasteiger partial charge in [-0.25, -0.2) is 0 Å². The maximum absolute atomic E-state index is 13.3. The van der Waals surface area contributed by atoms with E-state index in [0.29, 0.717) is 4.90 Å². The van der Waals surface area contributed by atoms with E-state index in [1.807, 2.05) is 0 Å². The van der Waals surface area contributed by atoms with Gasteiger partial charge >= 0.3 is 0 Å². The molecule has 13 nitrogen and oxygen atoms in total. The molecular formula is C21H28N5O8. The van der Waals surface area contributed by atoms with E-state index >= 15 is 0 Å². The van der Waals surface area contributed by atoms with Crippen molar-refractivity contribution in [2.24, 2.45) is 17.2 Å². The van der Waals surface area contributed by atoms with Gasteiger partial charge in [-0.3, -0.25) is 33.7 Å². The number of nitrogens with two attached hydrogens (primary N) is 3.